The van der Waals surface area contributed by atoms with E-state index in [0.717, 1.165) is 21.6 Å². The summed E-state index contributed by atoms with van der Waals surface area (Å²) in [5, 5.41) is 4.10. The molecule has 0 fully saturated rings. The number of thiophene rings is 2. The third kappa shape index (κ3) is 3.35. The molecule has 4 heteroatoms. The molecule has 2 heterocycles. The van der Waals surface area contributed by atoms with Crippen LogP contribution in [0.1, 0.15) is 20.8 Å². The summed E-state index contributed by atoms with van der Waals surface area (Å²) in [5.41, 5.74) is 3.16. The van der Waals surface area contributed by atoms with Gasteiger partial charge in [0, 0.05) is 10.4 Å². The van der Waals surface area contributed by atoms with Crippen LogP contribution in [0.2, 0.25) is 0 Å². The third-order valence-corrected chi connectivity index (χ3v) is 5.00. The van der Waals surface area contributed by atoms with E-state index < -0.39 is 0 Å². The van der Waals surface area contributed by atoms with Gasteiger partial charge in [0.25, 0.3) is 0 Å². The highest BCUT2D eigenvalue weighted by atomic mass is 32.1. The molecule has 0 unspecified atom stereocenters. The number of benzene rings is 1. The maximum absolute atomic E-state index is 12.1. The lowest BCUT2D eigenvalue weighted by Gasteiger charge is -2.04. The first-order valence-corrected chi connectivity index (χ1v) is 8.53. The maximum Gasteiger partial charge on any atom is 0.348 e. The summed E-state index contributed by atoms with van der Waals surface area (Å²) in [7, 11) is 0. The summed E-state index contributed by atoms with van der Waals surface area (Å²) in [5.74, 6) is -0.278. The van der Waals surface area contributed by atoms with Crippen molar-refractivity contribution in [2.45, 2.75) is 6.61 Å². The van der Waals surface area contributed by atoms with E-state index in [1.54, 1.807) is 17.4 Å². The zero-order valence-corrected chi connectivity index (χ0v) is 13.5. The predicted octanol–water partition coefficient (Wildman–Crippen LogP) is 5.48. The van der Waals surface area contributed by atoms with Crippen LogP contribution in [0.3, 0.4) is 0 Å². The Hall–Kier alpha value is -2.17. The fraction of sp³-hybridized carbons (Fsp3) is 0.0556. The van der Waals surface area contributed by atoms with E-state index in [9.17, 15) is 4.79 Å². The van der Waals surface area contributed by atoms with Crippen molar-refractivity contribution >= 4 is 34.7 Å². The second-order valence-electron chi connectivity index (χ2n) is 4.70. The van der Waals surface area contributed by atoms with Crippen molar-refractivity contribution in [2.75, 3.05) is 0 Å². The molecule has 2 nitrogen and oxygen atoms in total. The largest absolute Gasteiger partial charge is 0.457 e. The monoisotopic (exact) mass is 326 g/mol. The van der Waals surface area contributed by atoms with E-state index in [1.807, 2.05) is 47.8 Å². The number of esters is 1. The molecule has 0 aliphatic rings. The SMILES string of the molecule is C=Cc1ccc(COC(=O)c2ccc(-c3ccsc3)s2)cc1. The number of ether oxygens (including phenoxy) is 1. The lowest BCUT2D eigenvalue weighted by atomic mass is 10.1. The van der Waals surface area contributed by atoms with E-state index in [-0.39, 0.29) is 12.6 Å². The normalized spacial score (nSPS) is 10.4. The highest BCUT2D eigenvalue weighted by Crippen LogP contribution is 2.30. The van der Waals surface area contributed by atoms with Crippen molar-refractivity contribution in [3.63, 3.8) is 0 Å². The first-order valence-electron chi connectivity index (χ1n) is 6.77. The average molecular weight is 326 g/mol. The number of hydrogen-bond acceptors (Lipinski definition) is 4. The summed E-state index contributed by atoms with van der Waals surface area (Å²) < 4.78 is 5.37. The van der Waals surface area contributed by atoms with E-state index in [2.05, 4.69) is 12.0 Å². The molecule has 22 heavy (non-hydrogen) atoms. The highest BCUT2D eigenvalue weighted by Gasteiger charge is 2.12. The molecule has 0 aliphatic heterocycles. The van der Waals surface area contributed by atoms with Crippen molar-refractivity contribution < 1.29 is 9.53 Å². The standard InChI is InChI=1S/C18H14O2S2/c1-2-13-3-5-14(6-4-13)11-20-18(19)17-8-7-16(22-17)15-9-10-21-12-15/h2-10,12H,1,11H2. The van der Waals surface area contributed by atoms with Crippen LogP contribution >= 0.6 is 22.7 Å². The zero-order chi connectivity index (χ0) is 15.4. The first kappa shape index (κ1) is 14.8. The van der Waals surface area contributed by atoms with E-state index in [1.165, 1.54) is 11.3 Å². The Kier molecular flexibility index (Phi) is 4.51. The zero-order valence-electron chi connectivity index (χ0n) is 11.8. The van der Waals surface area contributed by atoms with Gasteiger partial charge in [-0.1, -0.05) is 36.9 Å². The van der Waals surface area contributed by atoms with Gasteiger partial charge >= 0.3 is 5.97 Å². The Morgan fingerprint density at radius 2 is 1.95 bits per heavy atom. The molecular formula is C18H14O2S2. The number of carbonyl (C=O) groups excluding carboxylic acids is 1. The van der Waals surface area contributed by atoms with Crippen LogP contribution in [0.4, 0.5) is 0 Å². The van der Waals surface area contributed by atoms with Crippen molar-refractivity contribution in [2.24, 2.45) is 0 Å². The number of hydrogen-bond donors (Lipinski definition) is 0. The maximum atomic E-state index is 12.1. The minimum atomic E-state index is -0.278. The summed E-state index contributed by atoms with van der Waals surface area (Å²) in [6.45, 7) is 3.99. The van der Waals surface area contributed by atoms with E-state index >= 15 is 0 Å². The van der Waals surface area contributed by atoms with Gasteiger partial charge < -0.3 is 4.74 Å². The van der Waals surface area contributed by atoms with E-state index in [0.29, 0.717) is 4.88 Å². The second kappa shape index (κ2) is 6.73. The van der Waals surface area contributed by atoms with Crippen LogP contribution < -0.4 is 0 Å². The van der Waals surface area contributed by atoms with Crippen molar-refractivity contribution in [3.8, 4) is 10.4 Å². The first-order chi connectivity index (χ1) is 10.8. The minimum absolute atomic E-state index is 0.278. The van der Waals surface area contributed by atoms with Crippen LogP contribution in [0.5, 0.6) is 0 Å². The highest BCUT2D eigenvalue weighted by molar-refractivity contribution is 7.17. The molecule has 0 atom stereocenters. The van der Waals surface area contributed by atoms with Crippen LogP contribution in [-0.2, 0) is 11.3 Å². The van der Waals surface area contributed by atoms with Gasteiger partial charge in [-0.15, -0.1) is 11.3 Å². The Morgan fingerprint density at radius 3 is 2.64 bits per heavy atom. The van der Waals surface area contributed by atoms with Gasteiger partial charge in [-0.2, -0.15) is 11.3 Å². The molecule has 0 saturated heterocycles. The number of rotatable bonds is 5. The van der Waals surface area contributed by atoms with Crippen LogP contribution in [0.15, 0.2) is 59.8 Å². The van der Waals surface area contributed by atoms with Crippen molar-refractivity contribution in [3.05, 3.63) is 75.8 Å². The van der Waals surface area contributed by atoms with Gasteiger partial charge in [-0.05, 0) is 40.1 Å². The van der Waals surface area contributed by atoms with Gasteiger partial charge in [0.05, 0.1) is 0 Å². The molecule has 0 N–H and O–H groups in total. The molecule has 1 aromatic carbocycles. The van der Waals surface area contributed by atoms with Gasteiger partial charge in [0.1, 0.15) is 11.5 Å². The van der Waals surface area contributed by atoms with Crippen LogP contribution in [0.25, 0.3) is 16.5 Å². The van der Waals surface area contributed by atoms with Crippen LogP contribution in [-0.4, -0.2) is 5.97 Å². The molecule has 0 radical (unpaired) electrons. The lowest BCUT2D eigenvalue weighted by molar-refractivity contribution is 0.0478. The molecular weight excluding hydrogens is 312 g/mol. The molecule has 0 amide bonds. The number of carbonyl (C=O) groups is 1. The molecule has 0 bridgehead atoms. The molecule has 0 spiro atoms. The van der Waals surface area contributed by atoms with Crippen molar-refractivity contribution in [1.29, 1.82) is 0 Å². The molecule has 110 valence electrons. The Balaban J connectivity index is 1.63. The lowest BCUT2D eigenvalue weighted by Crippen LogP contribution is -2.02. The van der Waals surface area contributed by atoms with Gasteiger partial charge in [-0.25, -0.2) is 4.79 Å². The quantitative estimate of drug-likeness (QED) is 0.581. The second-order valence-corrected chi connectivity index (χ2v) is 6.56. The summed E-state index contributed by atoms with van der Waals surface area (Å²) in [6.07, 6.45) is 1.79. The van der Waals surface area contributed by atoms with E-state index in [4.69, 9.17) is 4.74 Å². The predicted molar refractivity (Wildman–Crippen MR) is 93.3 cm³/mol. The Morgan fingerprint density at radius 1 is 1.14 bits per heavy atom. The molecule has 2 aromatic heterocycles. The van der Waals surface area contributed by atoms with Crippen LogP contribution in [0, 0.1) is 0 Å². The van der Waals surface area contributed by atoms with Gasteiger partial charge in [0.2, 0.25) is 0 Å². The average Bonchev–Trinajstić information content (AvgIpc) is 3.23. The molecule has 0 aliphatic carbocycles. The minimum Gasteiger partial charge on any atom is -0.457 e. The smallest absolute Gasteiger partial charge is 0.348 e. The van der Waals surface area contributed by atoms with Crippen molar-refractivity contribution in [1.82, 2.24) is 0 Å². The fourth-order valence-electron chi connectivity index (χ4n) is 1.98. The molecule has 3 rings (SSSR count). The third-order valence-electron chi connectivity index (χ3n) is 3.20. The summed E-state index contributed by atoms with van der Waals surface area (Å²) in [4.78, 5) is 13.8. The van der Waals surface area contributed by atoms with Gasteiger partial charge in [0.15, 0.2) is 0 Å². The summed E-state index contributed by atoms with van der Waals surface area (Å²) >= 11 is 3.10. The molecule has 0 saturated carbocycles. The fourth-order valence-corrected chi connectivity index (χ4v) is 3.60. The Labute approximate surface area is 137 Å². The topological polar surface area (TPSA) is 26.3 Å². The Bertz CT molecular complexity index is 768. The summed E-state index contributed by atoms with van der Waals surface area (Å²) in [6, 6.07) is 13.6. The molecule has 3 aromatic rings. The van der Waals surface area contributed by atoms with Gasteiger partial charge in [-0.3, -0.25) is 0 Å².